The van der Waals surface area contributed by atoms with Crippen LogP contribution in [0.4, 0.5) is 0 Å². The van der Waals surface area contributed by atoms with Crippen molar-refractivity contribution in [1.29, 1.82) is 0 Å². The minimum absolute atomic E-state index is 0.150. The van der Waals surface area contributed by atoms with E-state index < -0.39 is 8.07 Å². The Balaban J connectivity index is 2.63. The standard InChI is InChI=1S/C19H27NSi/c1-14-9-8-10-15(11-14)17-12-16(19(2,3)4)18(13-20-17)21(5,6)7/h8-13H,1-7H3. The van der Waals surface area contributed by atoms with E-state index in [9.17, 15) is 0 Å². The number of aromatic nitrogens is 1. The second-order valence-electron chi connectivity index (χ2n) is 7.98. The van der Waals surface area contributed by atoms with Crippen LogP contribution in [0.5, 0.6) is 0 Å². The topological polar surface area (TPSA) is 12.9 Å². The van der Waals surface area contributed by atoms with Gasteiger partial charge in [0.05, 0.1) is 13.8 Å². The van der Waals surface area contributed by atoms with Gasteiger partial charge in [0.1, 0.15) is 0 Å². The van der Waals surface area contributed by atoms with Crippen molar-refractivity contribution in [1.82, 2.24) is 4.98 Å². The third-order valence-electron chi connectivity index (χ3n) is 3.83. The molecule has 2 rings (SSSR count). The van der Waals surface area contributed by atoms with Gasteiger partial charge in [-0.05, 0) is 35.2 Å². The molecule has 2 aromatic rings. The smallest absolute Gasteiger partial charge is 0.0800 e. The fourth-order valence-electron chi connectivity index (χ4n) is 2.64. The van der Waals surface area contributed by atoms with Crippen molar-refractivity contribution in [3.63, 3.8) is 0 Å². The Morgan fingerprint density at radius 1 is 1.00 bits per heavy atom. The lowest BCUT2D eigenvalue weighted by atomic mass is 9.86. The lowest BCUT2D eigenvalue weighted by molar-refractivity contribution is 0.593. The molecule has 2 heteroatoms. The van der Waals surface area contributed by atoms with Crippen LogP contribution in [0.2, 0.25) is 19.6 Å². The van der Waals surface area contributed by atoms with Crippen LogP contribution in [0.1, 0.15) is 31.9 Å². The molecule has 0 aliphatic carbocycles. The number of benzene rings is 1. The van der Waals surface area contributed by atoms with Crippen molar-refractivity contribution >= 4 is 13.3 Å². The van der Waals surface area contributed by atoms with Gasteiger partial charge in [-0.25, -0.2) is 0 Å². The summed E-state index contributed by atoms with van der Waals surface area (Å²) in [5, 5.41) is 1.48. The van der Waals surface area contributed by atoms with Crippen molar-refractivity contribution in [3.05, 3.63) is 47.7 Å². The van der Waals surface area contributed by atoms with E-state index in [-0.39, 0.29) is 5.41 Å². The molecule has 0 aliphatic rings. The van der Waals surface area contributed by atoms with Crippen LogP contribution in [0.3, 0.4) is 0 Å². The molecule has 1 aromatic carbocycles. The minimum atomic E-state index is -1.38. The Labute approximate surface area is 130 Å². The minimum Gasteiger partial charge on any atom is -0.256 e. The summed E-state index contributed by atoms with van der Waals surface area (Å²) in [6, 6.07) is 10.9. The van der Waals surface area contributed by atoms with Crippen LogP contribution in [-0.4, -0.2) is 13.1 Å². The Kier molecular flexibility index (Phi) is 4.12. The number of hydrogen-bond donors (Lipinski definition) is 0. The summed E-state index contributed by atoms with van der Waals surface area (Å²) < 4.78 is 0. The van der Waals surface area contributed by atoms with Gasteiger partial charge in [-0.2, -0.15) is 0 Å². The highest BCUT2D eigenvalue weighted by atomic mass is 28.3. The van der Waals surface area contributed by atoms with Crippen molar-refractivity contribution in [2.45, 2.75) is 52.8 Å². The Morgan fingerprint density at radius 3 is 2.19 bits per heavy atom. The largest absolute Gasteiger partial charge is 0.256 e. The predicted molar refractivity (Wildman–Crippen MR) is 96.1 cm³/mol. The third-order valence-corrected chi connectivity index (χ3v) is 5.85. The monoisotopic (exact) mass is 297 g/mol. The lowest BCUT2D eigenvalue weighted by Crippen LogP contribution is -2.43. The molecule has 1 heterocycles. The van der Waals surface area contributed by atoms with Gasteiger partial charge in [0, 0.05) is 11.8 Å². The van der Waals surface area contributed by atoms with Crippen LogP contribution >= 0.6 is 0 Å². The molecule has 0 fully saturated rings. The molecule has 0 amide bonds. The van der Waals surface area contributed by atoms with Gasteiger partial charge in [0.15, 0.2) is 0 Å². The van der Waals surface area contributed by atoms with E-state index in [1.54, 1.807) is 0 Å². The van der Waals surface area contributed by atoms with E-state index in [0.29, 0.717) is 0 Å². The molecule has 0 atom stereocenters. The Bertz CT molecular complexity index is 645. The van der Waals surface area contributed by atoms with Crippen LogP contribution in [0, 0.1) is 6.92 Å². The van der Waals surface area contributed by atoms with E-state index >= 15 is 0 Å². The van der Waals surface area contributed by atoms with Gasteiger partial charge in [0.2, 0.25) is 0 Å². The Hall–Kier alpha value is -1.41. The maximum Gasteiger partial charge on any atom is 0.0800 e. The van der Waals surface area contributed by atoms with Crippen LogP contribution in [-0.2, 0) is 5.41 Å². The number of hydrogen-bond acceptors (Lipinski definition) is 1. The molecular formula is C19H27NSi. The van der Waals surface area contributed by atoms with E-state index in [0.717, 1.165) is 5.69 Å². The van der Waals surface area contributed by atoms with Crippen LogP contribution in [0.25, 0.3) is 11.3 Å². The highest BCUT2D eigenvalue weighted by Gasteiger charge is 2.27. The average molecular weight is 298 g/mol. The van der Waals surface area contributed by atoms with Gasteiger partial charge < -0.3 is 0 Å². The fourth-order valence-corrected chi connectivity index (χ4v) is 4.34. The van der Waals surface area contributed by atoms with E-state index in [2.05, 4.69) is 83.9 Å². The number of rotatable bonds is 2. The normalized spacial score (nSPS) is 12.5. The fraction of sp³-hybridized carbons (Fsp3) is 0.421. The summed E-state index contributed by atoms with van der Waals surface area (Å²) in [6.45, 7) is 16.2. The second-order valence-corrected chi connectivity index (χ2v) is 13.0. The van der Waals surface area contributed by atoms with E-state index in [1.807, 2.05) is 0 Å². The molecule has 0 spiro atoms. The SMILES string of the molecule is Cc1cccc(-c2cc(C(C)(C)C)c([Si](C)(C)C)cn2)c1. The maximum atomic E-state index is 4.77. The first-order valence-electron chi connectivity index (χ1n) is 7.67. The van der Waals surface area contributed by atoms with E-state index in [4.69, 9.17) is 4.98 Å². The highest BCUT2D eigenvalue weighted by Crippen LogP contribution is 2.27. The first-order chi connectivity index (χ1) is 9.59. The van der Waals surface area contributed by atoms with E-state index in [1.165, 1.54) is 21.9 Å². The van der Waals surface area contributed by atoms with Gasteiger partial charge in [-0.15, -0.1) is 0 Å². The molecule has 21 heavy (non-hydrogen) atoms. The molecule has 0 saturated heterocycles. The molecule has 1 nitrogen and oxygen atoms in total. The first kappa shape index (κ1) is 16.0. The van der Waals surface area contributed by atoms with Crippen LogP contribution in [0.15, 0.2) is 36.5 Å². The second kappa shape index (κ2) is 5.41. The number of aryl methyl sites for hydroxylation is 1. The van der Waals surface area contributed by atoms with Gasteiger partial charge in [-0.3, -0.25) is 4.98 Å². The van der Waals surface area contributed by atoms with Crippen LogP contribution < -0.4 is 5.19 Å². The lowest BCUT2D eigenvalue weighted by Gasteiger charge is -2.29. The van der Waals surface area contributed by atoms with Gasteiger partial charge in [-0.1, -0.05) is 64.2 Å². The van der Waals surface area contributed by atoms with Gasteiger partial charge >= 0.3 is 0 Å². The maximum absolute atomic E-state index is 4.77. The molecule has 0 saturated carbocycles. The zero-order valence-corrected chi connectivity index (χ0v) is 15.4. The molecule has 0 aliphatic heterocycles. The summed E-state index contributed by atoms with van der Waals surface area (Å²) in [6.07, 6.45) is 2.13. The van der Waals surface area contributed by atoms with Gasteiger partial charge in [0.25, 0.3) is 0 Å². The van der Waals surface area contributed by atoms with Crippen molar-refractivity contribution in [2.24, 2.45) is 0 Å². The third kappa shape index (κ3) is 3.62. The average Bonchev–Trinajstić information content (AvgIpc) is 2.36. The zero-order chi connectivity index (χ0) is 15.8. The quantitative estimate of drug-likeness (QED) is 0.718. The molecular weight excluding hydrogens is 270 g/mol. The molecule has 112 valence electrons. The predicted octanol–water partition coefficient (Wildman–Crippen LogP) is 4.90. The van der Waals surface area contributed by atoms with Crippen molar-refractivity contribution < 1.29 is 0 Å². The highest BCUT2D eigenvalue weighted by molar-refractivity contribution is 6.89. The summed E-state index contributed by atoms with van der Waals surface area (Å²) in [4.78, 5) is 4.77. The molecule has 1 aromatic heterocycles. The molecule has 0 unspecified atom stereocenters. The molecule has 0 radical (unpaired) electrons. The van der Waals surface area contributed by atoms with Crippen molar-refractivity contribution in [2.75, 3.05) is 0 Å². The summed E-state index contributed by atoms with van der Waals surface area (Å²) >= 11 is 0. The summed E-state index contributed by atoms with van der Waals surface area (Å²) in [5.41, 5.74) is 5.18. The summed E-state index contributed by atoms with van der Waals surface area (Å²) in [5.74, 6) is 0. The number of nitrogens with zero attached hydrogens (tertiary/aromatic N) is 1. The Morgan fingerprint density at radius 2 is 1.67 bits per heavy atom. The zero-order valence-electron chi connectivity index (χ0n) is 14.4. The summed E-state index contributed by atoms with van der Waals surface area (Å²) in [7, 11) is -1.38. The number of pyridine rings is 1. The first-order valence-corrected chi connectivity index (χ1v) is 11.2. The molecule has 0 bridgehead atoms. The molecule has 0 N–H and O–H groups in total. The van der Waals surface area contributed by atoms with Crippen molar-refractivity contribution in [3.8, 4) is 11.3 Å².